The number of carbonyl (C=O) groups excluding carboxylic acids is 1. The number of nitrogens with two attached hydrogens (primary N) is 1. The molecule has 2 atom stereocenters. The van der Waals surface area contributed by atoms with E-state index in [1.165, 1.54) is 11.8 Å². The first-order valence-electron chi connectivity index (χ1n) is 3.23. The van der Waals surface area contributed by atoms with Gasteiger partial charge in [-0.1, -0.05) is 6.08 Å². The van der Waals surface area contributed by atoms with Crippen LogP contribution >= 0.6 is 11.8 Å². The zero-order valence-electron chi connectivity index (χ0n) is 5.65. The van der Waals surface area contributed by atoms with Gasteiger partial charge in [0.15, 0.2) is 5.96 Å². The Kier molecular flexibility index (Phi) is 1.38. The maximum atomic E-state index is 11.1. The number of aliphatic imine (C=N–C) groups is 1. The molecular weight excluding hydrogens is 162 g/mol. The van der Waals surface area contributed by atoms with E-state index in [2.05, 4.69) is 10.3 Å². The normalized spacial score (nSPS) is 34.5. The van der Waals surface area contributed by atoms with Crippen LogP contribution in [0, 0.1) is 5.92 Å². The molecule has 4 nitrogen and oxygen atoms in total. The predicted octanol–water partition coefficient (Wildman–Crippen LogP) is -0.366. The first-order chi connectivity index (χ1) is 5.27. The fourth-order valence-corrected chi connectivity index (χ4v) is 2.08. The quantitative estimate of drug-likeness (QED) is 0.520. The molecule has 2 aliphatic rings. The molecule has 0 aromatic heterocycles. The number of hydrogen-bond acceptors (Lipinski definition) is 4. The van der Waals surface area contributed by atoms with Crippen molar-refractivity contribution in [1.82, 2.24) is 5.32 Å². The van der Waals surface area contributed by atoms with Gasteiger partial charge in [0.1, 0.15) is 5.37 Å². The fourth-order valence-electron chi connectivity index (χ4n) is 1.10. The van der Waals surface area contributed by atoms with E-state index in [9.17, 15) is 4.79 Å². The zero-order valence-corrected chi connectivity index (χ0v) is 6.47. The second-order valence-corrected chi connectivity index (χ2v) is 3.41. The molecule has 11 heavy (non-hydrogen) atoms. The van der Waals surface area contributed by atoms with Gasteiger partial charge in [0, 0.05) is 0 Å². The Morgan fingerprint density at radius 1 is 1.73 bits per heavy atom. The van der Waals surface area contributed by atoms with Crippen LogP contribution in [0.4, 0.5) is 0 Å². The number of rotatable bonds is 0. The summed E-state index contributed by atoms with van der Waals surface area (Å²) in [7, 11) is 0. The van der Waals surface area contributed by atoms with Crippen LogP contribution in [-0.4, -0.2) is 17.2 Å². The minimum atomic E-state index is -0.118. The maximum absolute atomic E-state index is 11.1. The number of nitrogens with one attached hydrogen (secondary N) is 1. The smallest absolute Gasteiger partial charge is 0.236 e. The molecule has 0 aromatic carbocycles. The summed E-state index contributed by atoms with van der Waals surface area (Å²) in [6.45, 7) is 0. The molecule has 5 heteroatoms. The van der Waals surface area contributed by atoms with Crippen LogP contribution in [0.3, 0.4) is 0 Å². The molecule has 1 amide bonds. The van der Waals surface area contributed by atoms with E-state index in [0.29, 0.717) is 0 Å². The highest BCUT2D eigenvalue weighted by Gasteiger charge is 2.33. The van der Waals surface area contributed by atoms with Crippen molar-refractivity contribution in [3.05, 3.63) is 11.5 Å². The van der Waals surface area contributed by atoms with Crippen LogP contribution in [0.25, 0.3) is 0 Å². The van der Waals surface area contributed by atoms with Gasteiger partial charge in [-0.15, -0.1) is 11.8 Å². The third kappa shape index (κ3) is 1.01. The van der Waals surface area contributed by atoms with E-state index in [1.807, 2.05) is 11.5 Å². The monoisotopic (exact) mass is 169 g/mol. The van der Waals surface area contributed by atoms with E-state index < -0.39 is 0 Å². The lowest BCUT2D eigenvalue weighted by molar-refractivity contribution is -0.122. The van der Waals surface area contributed by atoms with Gasteiger partial charge in [0.25, 0.3) is 0 Å². The summed E-state index contributed by atoms with van der Waals surface area (Å²) in [6.07, 6.45) is 1.85. The van der Waals surface area contributed by atoms with Gasteiger partial charge in [-0.25, -0.2) is 4.99 Å². The Hall–Kier alpha value is -0.970. The van der Waals surface area contributed by atoms with Gasteiger partial charge in [-0.2, -0.15) is 0 Å². The molecule has 58 valence electrons. The molecule has 0 bridgehead atoms. The van der Waals surface area contributed by atoms with Gasteiger partial charge in [-0.3, -0.25) is 10.1 Å². The molecule has 2 aliphatic heterocycles. The molecular formula is C6H7N3OS. The Morgan fingerprint density at radius 3 is 3.36 bits per heavy atom. The second-order valence-electron chi connectivity index (χ2n) is 2.38. The van der Waals surface area contributed by atoms with Crippen LogP contribution in [0.5, 0.6) is 0 Å². The summed E-state index contributed by atoms with van der Waals surface area (Å²) in [6, 6.07) is 0. The third-order valence-corrected chi connectivity index (χ3v) is 2.62. The number of guanidine groups is 1. The Labute approximate surface area is 67.9 Å². The second kappa shape index (κ2) is 2.27. The molecule has 2 rings (SSSR count). The van der Waals surface area contributed by atoms with Crippen LogP contribution in [0.1, 0.15) is 0 Å². The zero-order chi connectivity index (χ0) is 7.84. The lowest BCUT2D eigenvalue weighted by Crippen LogP contribution is -2.46. The van der Waals surface area contributed by atoms with E-state index in [-0.39, 0.29) is 23.2 Å². The highest BCUT2D eigenvalue weighted by atomic mass is 32.2. The average molecular weight is 169 g/mol. The molecule has 0 radical (unpaired) electrons. The van der Waals surface area contributed by atoms with Crippen molar-refractivity contribution < 1.29 is 4.79 Å². The minimum Gasteiger partial charge on any atom is -0.370 e. The first-order valence-corrected chi connectivity index (χ1v) is 4.18. The summed E-state index contributed by atoms with van der Waals surface area (Å²) >= 11 is 1.52. The van der Waals surface area contributed by atoms with Gasteiger partial charge < -0.3 is 5.73 Å². The molecule has 0 aromatic rings. The average Bonchev–Trinajstić information content (AvgIpc) is 2.34. The van der Waals surface area contributed by atoms with Gasteiger partial charge >= 0.3 is 0 Å². The van der Waals surface area contributed by atoms with E-state index in [1.54, 1.807) is 0 Å². The third-order valence-electron chi connectivity index (χ3n) is 1.63. The summed E-state index contributed by atoms with van der Waals surface area (Å²) < 4.78 is 0. The Balaban J connectivity index is 2.30. The highest BCUT2D eigenvalue weighted by Crippen LogP contribution is 2.32. The van der Waals surface area contributed by atoms with Crippen LogP contribution in [0.2, 0.25) is 0 Å². The van der Waals surface area contributed by atoms with E-state index >= 15 is 0 Å². The van der Waals surface area contributed by atoms with Crippen LogP contribution in [-0.2, 0) is 4.79 Å². The molecule has 0 fully saturated rings. The predicted molar refractivity (Wildman–Crippen MR) is 43.8 cm³/mol. The number of amides is 1. The first kappa shape index (κ1) is 6.72. The number of fused-ring (bicyclic) bond motifs is 1. The largest absolute Gasteiger partial charge is 0.370 e. The molecule has 0 saturated carbocycles. The van der Waals surface area contributed by atoms with Crippen LogP contribution in [0.15, 0.2) is 16.5 Å². The van der Waals surface area contributed by atoms with Crippen molar-refractivity contribution in [1.29, 1.82) is 0 Å². The van der Waals surface area contributed by atoms with E-state index in [0.717, 1.165) is 0 Å². The maximum Gasteiger partial charge on any atom is 0.236 e. The minimum absolute atomic E-state index is 0.0243. The van der Waals surface area contributed by atoms with Crippen molar-refractivity contribution in [3.63, 3.8) is 0 Å². The van der Waals surface area contributed by atoms with Crippen molar-refractivity contribution in [2.45, 2.75) is 5.37 Å². The Bertz CT molecular complexity index is 261. The molecule has 0 aliphatic carbocycles. The molecule has 0 saturated heterocycles. The molecule has 3 N–H and O–H groups in total. The molecule has 2 unspecified atom stereocenters. The van der Waals surface area contributed by atoms with Crippen molar-refractivity contribution in [2.75, 3.05) is 0 Å². The van der Waals surface area contributed by atoms with Gasteiger partial charge in [0.05, 0.1) is 5.92 Å². The molecule has 2 heterocycles. The lowest BCUT2D eigenvalue weighted by Gasteiger charge is -2.19. The summed E-state index contributed by atoms with van der Waals surface area (Å²) in [5, 5.41) is 4.34. The summed E-state index contributed by atoms with van der Waals surface area (Å²) in [5.74, 6) is 0.0588. The number of thioether (sulfide) groups is 1. The SMILES string of the molecule is NC1=NC2SC=CC2C(=O)N1. The highest BCUT2D eigenvalue weighted by molar-refractivity contribution is 8.03. The Morgan fingerprint density at radius 2 is 2.55 bits per heavy atom. The molecule has 0 spiro atoms. The van der Waals surface area contributed by atoms with Gasteiger partial charge in [0.2, 0.25) is 5.91 Å². The van der Waals surface area contributed by atoms with Gasteiger partial charge in [-0.05, 0) is 5.41 Å². The number of hydrogen-bond donors (Lipinski definition) is 2. The number of carbonyl (C=O) groups is 1. The topological polar surface area (TPSA) is 67.5 Å². The van der Waals surface area contributed by atoms with E-state index in [4.69, 9.17) is 5.73 Å². The van der Waals surface area contributed by atoms with Crippen molar-refractivity contribution >= 4 is 23.6 Å². The van der Waals surface area contributed by atoms with Crippen LogP contribution < -0.4 is 11.1 Å². The van der Waals surface area contributed by atoms with Crippen molar-refractivity contribution in [2.24, 2.45) is 16.6 Å². The standard InChI is InChI=1S/C6H7N3OS/c7-6-8-4(10)3-1-2-11-5(3)9-6/h1-3,5H,(H3,7,8,9,10). The van der Waals surface area contributed by atoms with Crippen molar-refractivity contribution in [3.8, 4) is 0 Å². The lowest BCUT2D eigenvalue weighted by atomic mass is 10.1. The summed E-state index contributed by atoms with van der Waals surface area (Å²) in [5.41, 5.74) is 5.36. The summed E-state index contributed by atoms with van der Waals surface area (Å²) in [4.78, 5) is 15.2. The number of nitrogens with zero attached hydrogens (tertiary/aromatic N) is 1. The fraction of sp³-hybridized carbons (Fsp3) is 0.333.